The molecule has 0 unspecified atom stereocenters. The maximum Gasteiger partial charge on any atom is 0.196 e. The van der Waals surface area contributed by atoms with E-state index in [0.717, 1.165) is 0 Å². The second-order valence-electron chi connectivity index (χ2n) is 4.24. The van der Waals surface area contributed by atoms with Gasteiger partial charge < -0.3 is 11.5 Å². The summed E-state index contributed by atoms with van der Waals surface area (Å²) in [4.78, 5) is 24.6. The molecule has 0 atom stereocenters. The van der Waals surface area contributed by atoms with E-state index in [1.54, 1.807) is 24.3 Å². The SMILES string of the molecule is Nc1cc(N)c2c(c1)C(=O)c1ccccc1C2=O. The van der Waals surface area contributed by atoms with E-state index in [-0.39, 0.29) is 28.4 Å². The minimum absolute atomic E-state index is 0.209. The predicted molar refractivity (Wildman–Crippen MR) is 68.6 cm³/mol. The number of fused-ring (bicyclic) bond motifs is 2. The lowest BCUT2D eigenvalue weighted by Gasteiger charge is -2.19. The molecule has 0 heterocycles. The van der Waals surface area contributed by atoms with Crippen LogP contribution in [0.2, 0.25) is 0 Å². The van der Waals surface area contributed by atoms with Gasteiger partial charge in [0.1, 0.15) is 0 Å². The van der Waals surface area contributed by atoms with Crippen molar-refractivity contribution in [3.8, 4) is 0 Å². The molecular formula is C14H10N2O2. The Kier molecular flexibility index (Phi) is 2.01. The molecule has 2 aromatic carbocycles. The Hall–Kier alpha value is -2.62. The maximum absolute atomic E-state index is 12.3. The Bertz CT molecular complexity index is 705. The van der Waals surface area contributed by atoms with E-state index in [1.165, 1.54) is 12.1 Å². The van der Waals surface area contributed by atoms with E-state index >= 15 is 0 Å². The Labute approximate surface area is 103 Å². The molecule has 3 rings (SSSR count). The number of carbonyl (C=O) groups excluding carboxylic acids is 2. The molecule has 0 saturated heterocycles. The highest BCUT2D eigenvalue weighted by atomic mass is 16.1. The molecule has 2 aromatic rings. The van der Waals surface area contributed by atoms with Gasteiger partial charge in [0.2, 0.25) is 0 Å². The van der Waals surface area contributed by atoms with Crippen LogP contribution in [0.4, 0.5) is 11.4 Å². The number of rotatable bonds is 0. The van der Waals surface area contributed by atoms with Gasteiger partial charge in [-0.3, -0.25) is 9.59 Å². The van der Waals surface area contributed by atoms with Crippen LogP contribution in [0.5, 0.6) is 0 Å². The molecule has 1 aliphatic carbocycles. The van der Waals surface area contributed by atoms with Gasteiger partial charge in [0.05, 0.1) is 5.56 Å². The van der Waals surface area contributed by atoms with Crippen molar-refractivity contribution in [1.82, 2.24) is 0 Å². The third kappa shape index (κ3) is 1.26. The van der Waals surface area contributed by atoms with E-state index < -0.39 is 0 Å². The van der Waals surface area contributed by atoms with Crippen molar-refractivity contribution >= 4 is 22.9 Å². The van der Waals surface area contributed by atoms with Gasteiger partial charge in [-0.15, -0.1) is 0 Å². The van der Waals surface area contributed by atoms with Crippen molar-refractivity contribution in [3.63, 3.8) is 0 Å². The third-order valence-corrected chi connectivity index (χ3v) is 3.08. The van der Waals surface area contributed by atoms with Crippen LogP contribution in [0.15, 0.2) is 36.4 Å². The second-order valence-corrected chi connectivity index (χ2v) is 4.24. The average molecular weight is 238 g/mol. The first-order chi connectivity index (χ1) is 8.59. The summed E-state index contributed by atoms with van der Waals surface area (Å²) < 4.78 is 0. The summed E-state index contributed by atoms with van der Waals surface area (Å²) in [5.41, 5.74) is 13.4. The van der Waals surface area contributed by atoms with Crippen LogP contribution in [0.1, 0.15) is 31.8 Å². The van der Waals surface area contributed by atoms with Gasteiger partial charge >= 0.3 is 0 Å². The fourth-order valence-corrected chi connectivity index (χ4v) is 2.28. The van der Waals surface area contributed by atoms with Crippen LogP contribution in [-0.4, -0.2) is 11.6 Å². The average Bonchev–Trinajstić information content (AvgIpc) is 2.35. The van der Waals surface area contributed by atoms with Crippen molar-refractivity contribution < 1.29 is 9.59 Å². The molecule has 18 heavy (non-hydrogen) atoms. The molecule has 4 nitrogen and oxygen atoms in total. The molecule has 88 valence electrons. The van der Waals surface area contributed by atoms with Crippen LogP contribution < -0.4 is 11.5 Å². The lowest BCUT2D eigenvalue weighted by atomic mass is 9.83. The lowest BCUT2D eigenvalue weighted by molar-refractivity contribution is 0.0980. The van der Waals surface area contributed by atoms with Crippen molar-refractivity contribution in [2.75, 3.05) is 11.5 Å². The molecule has 0 amide bonds. The van der Waals surface area contributed by atoms with E-state index in [0.29, 0.717) is 16.8 Å². The van der Waals surface area contributed by atoms with Crippen LogP contribution >= 0.6 is 0 Å². The summed E-state index contributed by atoms with van der Waals surface area (Å²) in [6, 6.07) is 9.72. The zero-order chi connectivity index (χ0) is 12.9. The molecule has 4 N–H and O–H groups in total. The molecule has 0 spiro atoms. The molecule has 0 radical (unpaired) electrons. The topological polar surface area (TPSA) is 86.2 Å². The number of ketones is 2. The van der Waals surface area contributed by atoms with Crippen molar-refractivity contribution in [2.24, 2.45) is 0 Å². The quantitative estimate of drug-likeness (QED) is 0.583. The molecule has 0 aromatic heterocycles. The molecular weight excluding hydrogens is 228 g/mol. The van der Waals surface area contributed by atoms with Gasteiger partial charge in [-0.2, -0.15) is 0 Å². The number of hydrogen-bond acceptors (Lipinski definition) is 4. The number of nitrogens with two attached hydrogens (primary N) is 2. The molecule has 0 aliphatic heterocycles. The van der Waals surface area contributed by atoms with E-state index in [2.05, 4.69) is 0 Å². The van der Waals surface area contributed by atoms with Gasteiger partial charge in [-0.25, -0.2) is 0 Å². The monoisotopic (exact) mass is 238 g/mol. The van der Waals surface area contributed by atoms with Crippen LogP contribution in [0.3, 0.4) is 0 Å². The summed E-state index contributed by atoms with van der Waals surface area (Å²) in [5, 5.41) is 0. The van der Waals surface area contributed by atoms with Crippen LogP contribution in [0.25, 0.3) is 0 Å². The number of benzene rings is 2. The number of hydrogen-bond donors (Lipinski definition) is 2. The zero-order valence-electron chi connectivity index (χ0n) is 9.44. The summed E-state index contributed by atoms with van der Waals surface area (Å²) in [7, 11) is 0. The van der Waals surface area contributed by atoms with Crippen molar-refractivity contribution in [1.29, 1.82) is 0 Å². The Morgan fingerprint density at radius 1 is 0.778 bits per heavy atom. The second kappa shape index (κ2) is 3.43. The number of anilines is 2. The zero-order valence-corrected chi connectivity index (χ0v) is 9.44. The number of nitrogen functional groups attached to an aromatic ring is 2. The van der Waals surface area contributed by atoms with E-state index in [9.17, 15) is 9.59 Å². The largest absolute Gasteiger partial charge is 0.399 e. The fraction of sp³-hybridized carbons (Fsp3) is 0. The van der Waals surface area contributed by atoms with Gasteiger partial charge in [-0.1, -0.05) is 24.3 Å². The van der Waals surface area contributed by atoms with Crippen molar-refractivity contribution in [2.45, 2.75) is 0 Å². The molecule has 0 saturated carbocycles. The minimum atomic E-state index is -0.224. The van der Waals surface area contributed by atoms with Crippen LogP contribution in [-0.2, 0) is 0 Å². The summed E-state index contributed by atoms with van der Waals surface area (Å²) in [5.74, 6) is -0.433. The van der Waals surface area contributed by atoms with Crippen molar-refractivity contribution in [3.05, 3.63) is 58.7 Å². The molecule has 1 aliphatic rings. The predicted octanol–water partition coefficient (Wildman–Crippen LogP) is 1.63. The highest BCUT2D eigenvalue weighted by molar-refractivity contribution is 6.30. The minimum Gasteiger partial charge on any atom is -0.399 e. The first-order valence-corrected chi connectivity index (χ1v) is 5.47. The normalized spacial score (nSPS) is 13.1. The molecule has 0 bridgehead atoms. The third-order valence-electron chi connectivity index (χ3n) is 3.08. The highest BCUT2D eigenvalue weighted by Crippen LogP contribution is 2.32. The standard InChI is InChI=1S/C14H10N2O2/c15-7-5-10-12(11(16)6-7)14(18)9-4-2-1-3-8(9)13(10)17/h1-6H,15-16H2. The van der Waals surface area contributed by atoms with E-state index in [4.69, 9.17) is 11.5 Å². The van der Waals surface area contributed by atoms with Gasteiger partial charge in [0, 0.05) is 28.1 Å². The molecule has 4 heteroatoms. The smallest absolute Gasteiger partial charge is 0.196 e. The Morgan fingerprint density at radius 2 is 1.39 bits per heavy atom. The summed E-state index contributed by atoms with van der Waals surface area (Å²) in [6.07, 6.45) is 0. The Balaban J connectivity index is 2.37. The van der Waals surface area contributed by atoms with Gasteiger partial charge in [0.15, 0.2) is 11.6 Å². The first kappa shape index (κ1) is 10.5. The fourth-order valence-electron chi connectivity index (χ4n) is 2.28. The number of carbonyl (C=O) groups is 2. The first-order valence-electron chi connectivity index (χ1n) is 5.47. The van der Waals surface area contributed by atoms with Gasteiger partial charge in [0.25, 0.3) is 0 Å². The van der Waals surface area contributed by atoms with Gasteiger partial charge in [-0.05, 0) is 12.1 Å². The van der Waals surface area contributed by atoms with E-state index in [1.807, 2.05) is 0 Å². The summed E-state index contributed by atoms with van der Waals surface area (Å²) >= 11 is 0. The Morgan fingerprint density at radius 3 is 2.06 bits per heavy atom. The lowest BCUT2D eigenvalue weighted by Crippen LogP contribution is -2.22. The van der Waals surface area contributed by atoms with Crippen LogP contribution in [0, 0.1) is 0 Å². The molecule has 0 fully saturated rings. The maximum atomic E-state index is 12.3. The summed E-state index contributed by atoms with van der Waals surface area (Å²) in [6.45, 7) is 0. The highest BCUT2D eigenvalue weighted by Gasteiger charge is 2.31.